The van der Waals surface area contributed by atoms with Gasteiger partial charge in [0.05, 0.1) is 24.2 Å². The molecule has 2 saturated carbocycles. The van der Waals surface area contributed by atoms with Gasteiger partial charge in [-0.2, -0.15) is 0 Å². The second kappa shape index (κ2) is 4.63. The molecular formula is C20H30O2. The van der Waals surface area contributed by atoms with Crippen LogP contribution in [0.3, 0.4) is 0 Å². The summed E-state index contributed by atoms with van der Waals surface area (Å²) in [4.78, 5) is 0. The van der Waals surface area contributed by atoms with Crippen molar-refractivity contribution in [2.75, 3.05) is 0 Å². The molecule has 122 valence electrons. The molecular weight excluding hydrogens is 272 g/mol. The van der Waals surface area contributed by atoms with Crippen molar-refractivity contribution in [3.05, 3.63) is 24.2 Å². The molecule has 1 aromatic rings. The van der Waals surface area contributed by atoms with Crippen LogP contribution in [0.1, 0.15) is 77.9 Å². The van der Waals surface area contributed by atoms with Crippen LogP contribution in [0.5, 0.6) is 0 Å². The average Bonchev–Trinajstić information content (AvgIpc) is 3.04. The first-order valence-electron chi connectivity index (χ1n) is 9.05. The van der Waals surface area contributed by atoms with Crippen molar-refractivity contribution in [2.45, 2.75) is 77.9 Å². The van der Waals surface area contributed by atoms with Crippen LogP contribution in [0.15, 0.2) is 23.0 Å². The number of fused-ring (bicyclic) bond motifs is 3. The smallest absolute Gasteiger partial charge is 0.0960 e. The third-order valence-corrected chi connectivity index (χ3v) is 7.51. The van der Waals surface area contributed by atoms with Crippen molar-refractivity contribution < 1.29 is 9.15 Å². The molecule has 0 radical (unpaired) electrons. The van der Waals surface area contributed by atoms with Crippen molar-refractivity contribution >= 4 is 0 Å². The summed E-state index contributed by atoms with van der Waals surface area (Å²) in [6.07, 6.45) is 11.7. The summed E-state index contributed by atoms with van der Waals surface area (Å²) in [5.74, 6) is 1.52. The van der Waals surface area contributed by atoms with Gasteiger partial charge in [0.25, 0.3) is 0 Å². The Labute approximate surface area is 134 Å². The van der Waals surface area contributed by atoms with Crippen LogP contribution in [-0.4, -0.2) is 5.60 Å². The zero-order valence-electron chi connectivity index (χ0n) is 14.5. The molecule has 0 spiro atoms. The summed E-state index contributed by atoms with van der Waals surface area (Å²) in [7, 11) is 0. The van der Waals surface area contributed by atoms with E-state index in [0.717, 1.165) is 5.92 Å². The zero-order valence-corrected chi connectivity index (χ0v) is 14.5. The van der Waals surface area contributed by atoms with Gasteiger partial charge in [0.1, 0.15) is 0 Å². The van der Waals surface area contributed by atoms with Gasteiger partial charge in [-0.25, -0.2) is 0 Å². The normalized spacial score (nSPS) is 47.0. The van der Waals surface area contributed by atoms with Crippen LogP contribution in [0, 0.1) is 22.7 Å². The van der Waals surface area contributed by atoms with Crippen LogP contribution in [0.4, 0.5) is 0 Å². The van der Waals surface area contributed by atoms with Gasteiger partial charge in [-0.05, 0) is 67.8 Å². The van der Waals surface area contributed by atoms with Crippen molar-refractivity contribution in [2.24, 2.45) is 22.7 Å². The fraction of sp³-hybridized carbons (Fsp3) is 0.800. The first-order chi connectivity index (χ1) is 10.4. The minimum absolute atomic E-state index is 0.0562. The van der Waals surface area contributed by atoms with E-state index in [1.165, 1.54) is 44.1 Å². The largest absolute Gasteiger partial charge is 0.472 e. The van der Waals surface area contributed by atoms with Crippen molar-refractivity contribution in [1.29, 1.82) is 0 Å². The van der Waals surface area contributed by atoms with Crippen molar-refractivity contribution in [3.63, 3.8) is 0 Å². The van der Waals surface area contributed by atoms with Gasteiger partial charge in [-0.15, -0.1) is 0 Å². The highest BCUT2D eigenvalue weighted by Gasteiger charge is 2.62. The molecule has 0 bridgehead atoms. The number of hydrogen-bond acceptors (Lipinski definition) is 2. The van der Waals surface area contributed by atoms with E-state index in [-0.39, 0.29) is 11.7 Å². The molecule has 22 heavy (non-hydrogen) atoms. The number of rotatable bonds is 1. The molecule has 3 fully saturated rings. The van der Waals surface area contributed by atoms with E-state index in [0.29, 0.717) is 16.7 Å². The summed E-state index contributed by atoms with van der Waals surface area (Å²) in [6, 6.07) is 2.08. The SMILES string of the molecule is CC1(C)CCC[C@]2(C)C3C[C@H](c4ccoc4)O[C@]3(C)CC[C@@H]12. The molecule has 3 aliphatic rings. The van der Waals surface area contributed by atoms with Gasteiger partial charge in [-0.1, -0.05) is 27.2 Å². The van der Waals surface area contributed by atoms with Gasteiger partial charge in [0.2, 0.25) is 0 Å². The fourth-order valence-electron chi connectivity index (χ4n) is 6.52. The quantitative estimate of drug-likeness (QED) is 0.659. The topological polar surface area (TPSA) is 22.4 Å². The highest BCUT2D eigenvalue weighted by molar-refractivity contribution is 5.17. The predicted octanol–water partition coefficient (Wildman–Crippen LogP) is 5.74. The molecule has 1 unspecified atom stereocenters. The van der Waals surface area contributed by atoms with E-state index in [1.807, 2.05) is 6.26 Å². The van der Waals surface area contributed by atoms with Gasteiger partial charge in [0.15, 0.2) is 0 Å². The zero-order chi connectivity index (χ0) is 15.6. The highest BCUT2D eigenvalue weighted by Crippen LogP contribution is 2.67. The standard InChI is InChI=1S/C20H30O2/c1-18(2)8-5-9-19(3)16(18)6-10-20(4)17(19)12-15(22-20)14-7-11-21-13-14/h7,11,13,15-17H,5-6,8-10,12H2,1-4H3/t15-,16+,17?,19+,20-/m1/s1. The number of furan rings is 1. The summed E-state index contributed by atoms with van der Waals surface area (Å²) in [5, 5.41) is 0. The van der Waals surface area contributed by atoms with E-state index in [1.54, 1.807) is 6.26 Å². The third kappa shape index (κ3) is 1.95. The first-order valence-corrected chi connectivity index (χ1v) is 9.05. The van der Waals surface area contributed by atoms with E-state index in [4.69, 9.17) is 9.15 Å². The van der Waals surface area contributed by atoms with E-state index >= 15 is 0 Å². The van der Waals surface area contributed by atoms with Crippen molar-refractivity contribution in [1.82, 2.24) is 0 Å². The fourth-order valence-corrected chi connectivity index (χ4v) is 6.52. The minimum Gasteiger partial charge on any atom is -0.472 e. The monoisotopic (exact) mass is 302 g/mol. The molecule has 0 amide bonds. The summed E-state index contributed by atoms with van der Waals surface area (Å²) in [5.41, 5.74) is 2.21. The van der Waals surface area contributed by atoms with Crippen LogP contribution < -0.4 is 0 Å². The van der Waals surface area contributed by atoms with Gasteiger partial charge < -0.3 is 9.15 Å². The summed E-state index contributed by atoms with van der Waals surface area (Å²) < 4.78 is 11.9. The molecule has 0 N–H and O–H groups in total. The maximum absolute atomic E-state index is 6.62. The summed E-state index contributed by atoms with van der Waals surface area (Å²) in [6.45, 7) is 9.95. The van der Waals surface area contributed by atoms with Crippen LogP contribution >= 0.6 is 0 Å². The van der Waals surface area contributed by atoms with Gasteiger partial charge >= 0.3 is 0 Å². The van der Waals surface area contributed by atoms with Crippen LogP contribution in [0.25, 0.3) is 0 Å². The Hall–Kier alpha value is -0.760. The Kier molecular flexibility index (Phi) is 3.11. The molecule has 5 atom stereocenters. The minimum atomic E-state index is 0.0562. The predicted molar refractivity (Wildman–Crippen MR) is 87.5 cm³/mol. The second-order valence-corrected chi connectivity index (χ2v) is 9.20. The Morgan fingerprint density at radius 3 is 2.59 bits per heavy atom. The third-order valence-electron chi connectivity index (χ3n) is 7.51. The van der Waals surface area contributed by atoms with Crippen LogP contribution in [-0.2, 0) is 4.74 Å². The Balaban J connectivity index is 1.68. The lowest BCUT2D eigenvalue weighted by atomic mass is 9.45. The average molecular weight is 302 g/mol. The van der Waals surface area contributed by atoms with E-state index in [9.17, 15) is 0 Å². The molecule has 1 saturated heterocycles. The van der Waals surface area contributed by atoms with E-state index in [2.05, 4.69) is 33.8 Å². The van der Waals surface area contributed by atoms with Crippen molar-refractivity contribution in [3.8, 4) is 0 Å². The van der Waals surface area contributed by atoms with Crippen LogP contribution in [0.2, 0.25) is 0 Å². The molecule has 0 aromatic carbocycles. The Morgan fingerprint density at radius 1 is 1.05 bits per heavy atom. The molecule has 4 rings (SSSR count). The maximum Gasteiger partial charge on any atom is 0.0960 e. The van der Waals surface area contributed by atoms with Gasteiger partial charge in [-0.3, -0.25) is 0 Å². The Bertz CT molecular complexity index is 546. The molecule has 1 aromatic heterocycles. The van der Waals surface area contributed by atoms with E-state index < -0.39 is 0 Å². The number of ether oxygens (including phenoxy) is 1. The summed E-state index contributed by atoms with van der Waals surface area (Å²) >= 11 is 0. The highest BCUT2D eigenvalue weighted by atomic mass is 16.5. The molecule has 2 aliphatic carbocycles. The lowest BCUT2D eigenvalue weighted by molar-refractivity contribution is -0.155. The molecule has 2 nitrogen and oxygen atoms in total. The number of hydrogen-bond donors (Lipinski definition) is 0. The molecule has 1 aliphatic heterocycles. The Morgan fingerprint density at radius 2 is 1.86 bits per heavy atom. The molecule has 2 heteroatoms. The first kappa shape index (κ1) is 14.8. The van der Waals surface area contributed by atoms with Gasteiger partial charge in [0, 0.05) is 5.56 Å². The second-order valence-electron chi connectivity index (χ2n) is 9.20. The maximum atomic E-state index is 6.62. The molecule has 2 heterocycles. The lowest BCUT2D eigenvalue weighted by Gasteiger charge is -2.60. The lowest BCUT2D eigenvalue weighted by Crippen LogP contribution is -2.55.